The fourth-order valence-corrected chi connectivity index (χ4v) is 2.42. The van der Waals surface area contributed by atoms with E-state index in [9.17, 15) is 19.1 Å². The van der Waals surface area contributed by atoms with E-state index in [1.165, 1.54) is 51.7 Å². The molecule has 8 nitrogen and oxygen atoms in total. The summed E-state index contributed by atoms with van der Waals surface area (Å²) < 4.78 is 33.4. The molecule has 0 bridgehead atoms. The van der Waals surface area contributed by atoms with Gasteiger partial charge in [0.05, 0.1) is 33.5 Å². The van der Waals surface area contributed by atoms with Crippen molar-refractivity contribution in [1.29, 1.82) is 0 Å². The third kappa shape index (κ3) is 4.68. The summed E-state index contributed by atoms with van der Waals surface area (Å²) in [4.78, 5) is 23.8. The fraction of sp³-hybridized carbons (Fsp3) is 0.263. The average molecular weight is 393 g/mol. The van der Waals surface area contributed by atoms with E-state index in [-0.39, 0.29) is 17.0 Å². The van der Waals surface area contributed by atoms with Gasteiger partial charge in [0.2, 0.25) is 5.75 Å². The van der Waals surface area contributed by atoms with Crippen LogP contribution in [-0.2, 0) is 11.4 Å². The first-order valence-corrected chi connectivity index (χ1v) is 8.09. The minimum atomic E-state index is -1.23. The molecule has 0 aliphatic carbocycles. The third-order valence-electron chi connectivity index (χ3n) is 3.76. The standard InChI is InChI=1S/C19H20FNO7/c1-25-15-7-13(8-16(26-2)18(15)27-3)28-19(24)11-4-5-12(10-22)14(6-11)21-17(23)9-20/h4-8,22H,9-10H2,1-3H3,(H,21,23). The number of carbonyl (C=O) groups is 2. The van der Waals surface area contributed by atoms with Crippen molar-refractivity contribution < 1.29 is 38.0 Å². The Bertz CT molecular complexity index is 844. The van der Waals surface area contributed by atoms with Crippen LogP contribution < -0.4 is 24.3 Å². The number of aliphatic hydroxyl groups is 1. The molecule has 0 saturated carbocycles. The van der Waals surface area contributed by atoms with E-state index in [1.54, 1.807) is 0 Å². The lowest BCUT2D eigenvalue weighted by Gasteiger charge is -2.14. The number of benzene rings is 2. The van der Waals surface area contributed by atoms with Crippen LogP contribution in [0.4, 0.5) is 10.1 Å². The molecule has 0 radical (unpaired) electrons. The zero-order valence-corrected chi connectivity index (χ0v) is 15.6. The van der Waals surface area contributed by atoms with Gasteiger partial charge in [0.1, 0.15) is 5.75 Å². The Morgan fingerprint density at radius 2 is 1.68 bits per heavy atom. The highest BCUT2D eigenvalue weighted by molar-refractivity contribution is 5.96. The maximum Gasteiger partial charge on any atom is 0.343 e. The quantitative estimate of drug-likeness (QED) is 0.524. The van der Waals surface area contributed by atoms with E-state index in [4.69, 9.17) is 18.9 Å². The van der Waals surface area contributed by atoms with Gasteiger partial charge in [-0.2, -0.15) is 0 Å². The lowest BCUT2D eigenvalue weighted by Crippen LogP contribution is -2.16. The molecule has 0 aliphatic rings. The number of esters is 1. The van der Waals surface area contributed by atoms with Crippen LogP contribution in [0.15, 0.2) is 30.3 Å². The first-order valence-electron chi connectivity index (χ1n) is 8.09. The first-order chi connectivity index (χ1) is 13.5. The molecular weight excluding hydrogens is 373 g/mol. The highest BCUT2D eigenvalue weighted by Crippen LogP contribution is 2.41. The number of alkyl halides is 1. The molecule has 0 aliphatic heterocycles. The number of hydrogen-bond acceptors (Lipinski definition) is 7. The maximum atomic E-state index is 12.5. The Morgan fingerprint density at radius 1 is 1.04 bits per heavy atom. The summed E-state index contributed by atoms with van der Waals surface area (Å²) in [5, 5.41) is 11.6. The summed E-state index contributed by atoms with van der Waals surface area (Å²) in [6.45, 7) is -1.63. The molecule has 2 aromatic carbocycles. The first kappa shape index (κ1) is 21.0. The van der Waals surface area contributed by atoms with Gasteiger partial charge < -0.3 is 29.4 Å². The van der Waals surface area contributed by atoms with Crippen LogP contribution in [0.1, 0.15) is 15.9 Å². The molecule has 1 amide bonds. The summed E-state index contributed by atoms with van der Waals surface area (Å²) in [5.74, 6) is -0.555. The normalized spacial score (nSPS) is 10.2. The van der Waals surface area contributed by atoms with E-state index >= 15 is 0 Å². The number of methoxy groups -OCH3 is 3. The van der Waals surface area contributed by atoms with Crippen molar-refractivity contribution in [2.24, 2.45) is 0 Å². The van der Waals surface area contributed by atoms with Crippen molar-refractivity contribution in [2.45, 2.75) is 6.61 Å². The monoisotopic (exact) mass is 393 g/mol. The zero-order chi connectivity index (χ0) is 20.7. The van der Waals surface area contributed by atoms with Gasteiger partial charge in [-0.25, -0.2) is 9.18 Å². The van der Waals surface area contributed by atoms with Crippen LogP contribution in [0.3, 0.4) is 0 Å². The summed E-state index contributed by atoms with van der Waals surface area (Å²) in [5.41, 5.74) is 0.524. The lowest BCUT2D eigenvalue weighted by atomic mass is 10.1. The number of nitrogens with one attached hydrogen (secondary N) is 1. The predicted octanol–water partition coefficient (Wildman–Crippen LogP) is 2.33. The van der Waals surface area contributed by atoms with Crippen LogP contribution in [0, 0.1) is 0 Å². The molecule has 0 fully saturated rings. The summed E-state index contributed by atoms with van der Waals surface area (Å²) in [6, 6.07) is 7.04. The van der Waals surface area contributed by atoms with Crippen LogP contribution in [0.25, 0.3) is 0 Å². The number of aliphatic hydroxyl groups excluding tert-OH is 1. The van der Waals surface area contributed by atoms with Gasteiger partial charge >= 0.3 is 5.97 Å². The number of amides is 1. The SMILES string of the molecule is COc1cc(OC(=O)c2ccc(CO)c(NC(=O)CF)c2)cc(OC)c1OC. The van der Waals surface area contributed by atoms with Crippen molar-refractivity contribution >= 4 is 17.6 Å². The van der Waals surface area contributed by atoms with Crippen LogP contribution in [0.5, 0.6) is 23.0 Å². The predicted molar refractivity (Wildman–Crippen MR) is 98.0 cm³/mol. The van der Waals surface area contributed by atoms with Gasteiger partial charge in [0, 0.05) is 23.4 Å². The minimum absolute atomic E-state index is 0.0834. The number of ether oxygens (including phenoxy) is 4. The zero-order valence-electron chi connectivity index (χ0n) is 15.6. The van der Waals surface area contributed by atoms with Gasteiger partial charge in [-0.1, -0.05) is 6.07 Å². The van der Waals surface area contributed by atoms with E-state index in [2.05, 4.69) is 5.32 Å². The van der Waals surface area contributed by atoms with E-state index in [0.29, 0.717) is 22.8 Å². The Kier molecular flexibility index (Phi) is 7.16. The smallest absolute Gasteiger partial charge is 0.343 e. The number of carbonyl (C=O) groups excluding carboxylic acids is 2. The molecule has 0 unspecified atom stereocenters. The Hall–Kier alpha value is -3.33. The van der Waals surface area contributed by atoms with Crippen molar-refractivity contribution in [2.75, 3.05) is 33.3 Å². The van der Waals surface area contributed by atoms with Crippen LogP contribution in [0.2, 0.25) is 0 Å². The molecule has 0 aromatic heterocycles. The molecule has 0 heterocycles. The highest BCUT2D eigenvalue weighted by Gasteiger charge is 2.18. The largest absolute Gasteiger partial charge is 0.493 e. The highest BCUT2D eigenvalue weighted by atomic mass is 19.1. The van der Waals surface area contributed by atoms with Gasteiger partial charge in [-0.15, -0.1) is 0 Å². The summed E-state index contributed by atoms with van der Waals surface area (Å²) in [6.07, 6.45) is 0. The van der Waals surface area contributed by atoms with E-state index in [1.807, 2.05) is 0 Å². The van der Waals surface area contributed by atoms with E-state index < -0.39 is 25.2 Å². The molecule has 0 atom stereocenters. The molecule has 2 rings (SSSR count). The summed E-state index contributed by atoms with van der Waals surface area (Å²) >= 11 is 0. The number of anilines is 1. The van der Waals surface area contributed by atoms with Crippen LogP contribution in [-0.4, -0.2) is 45.0 Å². The maximum absolute atomic E-state index is 12.5. The second-order valence-corrected chi connectivity index (χ2v) is 5.46. The Labute approximate surface area is 160 Å². The fourth-order valence-electron chi connectivity index (χ4n) is 2.42. The Balaban J connectivity index is 2.32. The second-order valence-electron chi connectivity index (χ2n) is 5.46. The summed E-state index contributed by atoms with van der Waals surface area (Å²) in [7, 11) is 4.30. The molecule has 28 heavy (non-hydrogen) atoms. The van der Waals surface area contributed by atoms with Crippen molar-refractivity contribution in [3.8, 4) is 23.0 Å². The molecule has 150 valence electrons. The minimum Gasteiger partial charge on any atom is -0.493 e. The average Bonchev–Trinajstić information content (AvgIpc) is 2.72. The van der Waals surface area contributed by atoms with Crippen molar-refractivity contribution in [3.63, 3.8) is 0 Å². The van der Waals surface area contributed by atoms with Crippen molar-refractivity contribution in [3.05, 3.63) is 41.5 Å². The molecule has 2 N–H and O–H groups in total. The lowest BCUT2D eigenvalue weighted by molar-refractivity contribution is -0.117. The number of hydrogen-bond donors (Lipinski definition) is 2. The second kappa shape index (κ2) is 9.56. The van der Waals surface area contributed by atoms with Gasteiger partial charge in [0.15, 0.2) is 18.2 Å². The van der Waals surface area contributed by atoms with Crippen LogP contribution >= 0.6 is 0 Å². The molecule has 9 heteroatoms. The number of halogens is 1. The number of rotatable bonds is 8. The van der Waals surface area contributed by atoms with Gasteiger partial charge in [-0.05, 0) is 12.1 Å². The van der Waals surface area contributed by atoms with E-state index in [0.717, 1.165) is 0 Å². The molecule has 0 saturated heterocycles. The van der Waals surface area contributed by atoms with Crippen molar-refractivity contribution in [1.82, 2.24) is 0 Å². The van der Waals surface area contributed by atoms with Gasteiger partial charge in [-0.3, -0.25) is 4.79 Å². The molecular formula is C19H20FNO7. The molecule has 0 spiro atoms. The topological polar surface area (TPSA) is 103 Å². The third-order valence-corrected chi connectivity index (χ3v) is 3.76. The Morgan fingerprint density at radius 3 is 2.18 bits per heavy atom. The molecule has 2 aromatic rings. The van der Waals surface area contributed by atoms with Gasteiger partial charge in [0.25, 0.3) is 5.91 Å².